The van der Waals surface area contributed by atoms with Crippen LogP contribution in [0.15, 0.2) is 42.6 Å². The van der Waals surface area contributed by atoms with E-state index < -0.39 is 6.86 Å². The minimum Gasteiger partial charge on any atom is -0.463 e. The van der Waals surface area contributed by atoms with E-state index in [1.807, 2.05) is 28.8 Å². The van der Waals surface area contributed by atoms with Crippen LogP contribution in [-0.4, -0.2) is 52.0 Å². The van der Waals surface area contributed by atoms with Crippen molar-refractivity contribution in [3.05, 3.63) is 42.6 Å². The first-order chi connectivity index (χ1) is 14.1. The molecule has 4 rings (SSSR count). The standard InChI is InChI=1S/C22H28FN5O/c1-16(2)27-11-9-17(10-12-27)13-24-21-7-8-22-25-14-20(28(22)26-21)18-3-5-19(6-4-18)29-15-23/h3-8,14,16-17H,9-13,15H2,1-2H3,(H,24,26). The number of ether oxygens (including phenoxy) is 1. The molecule has 0 aliphatic carbocycles. The first-order valence-electron chi connectivity index (χ1n) is 10.3. The highest BCUT2D eigenvalue weighted by molar-refractivity contribution is 5.64. The number of imidazole rings is 1. The number of benzene rings is 1. The molecule has 1 aromatic carbocycles. The maximum atomic E-state index is 12.3. The molecule has 1 saturated heterocycles. The molecule has 0 atom stereocenters. The molecule has 1 aliphatic rings. The molecular formula is C22H28FN5O. The largest absolute Gasteiger partial charge is 0.463 e. The van der Waals surface area contributed by atoms with E-state index in [1.165, 1.54) is 25.9 Å². The molecule has 6 nitrogen and oxygen atoms in total. The lowest BCUT2D eigenvalue weighted by atomic mass is 9.96. The minimum absolute atomic E-state index is 0.504. The second-order valence-electron chi connectivity index (χ2n) is 7.86. The average molecular weight is 397 g/mol. The van der Waals surface area contributed by atoms with Crippen LogP contribution in [-0.2, 0) is 0 Å². The Morgan fingerprint density at radius 3 is 2.59 bits per heavy atom. The van der Waals surface area contributed by atoms with E-state index in [-0.39, 0.29) is 0 Å². The molecular weight excluding hydrogens is 369 g/mol. The number of aromatic nitrogens is 3. The summed E-state index contributed by atoms with van der Waals surface area (Å²) in [5.41, 5.74) is 2.63. The van der Waals surface area contributed by atoms with Gasteiger partial charge in [-0.3, -0.25) is 0 Å². The van der Waals surface area contributed by atoms with Crippen molar-refractivity contribution in [2.75, 3.05) is 31.8 Å². The van der Waals surface area contributed by atoms with Crippen molar-refractivity contribution in [3.63, 3.8) is 0 Å². The van der Waals surface area contributed by atoms with Gasteiger partial charge >= 0.3 is 0 Å². The molecule has 1 N–H and O–H groups in total. The van der Waals surface area contributed by atoms with Crippen molar-refractivity contribution >= 4 is 11.5 Å². The van der Waals surface area contributed by atoms with Crippen LogP contribution in [0.1, 0.15) is 26.7 Å². The van der Waals surface area contributed by atoms with E-state index in [0.29, 0.717) is 17.7 Å². The third-order valence-electron chi connectivity index (χ3n) is 5.68. The fourth-order valence-electron chi connectivity index (χ4n) is 3.87. The lowest BCUT2D eigenvalue weighted by molar-refractivity contribution is 0.153. The van der Waals surface area contributed by atoms with Crippen LogP contribution in [0.25, 0.3) is 16.9 Å². The molecule has 1 aliphatic heterocycles. The number of piperidine rings is 1. The number of hydrogen-bond donors (Lipinski definition) is 1. The van der Waals surface area contributed by atoms with E-state index in [9.17, 15) is 4.39 Å². The van der Waals surface area contributed by atoms with E-state index in [2.05, 4.69) is 29.0 Å². The first kappa shape index (κ1) is 19.6. The first-order valence-corrected chi connectivity index (χ1v) is 10.3. The second-order valence-corrected chi connectivity index (χ2v) is 7.86. The average Bonchev–Trinajstić information content (AvgIpc) is 3.16. The van der Waals surface area contributed by atoms with Gasteiger partial charge in [-0.25, -0.2) is 13.9 Å². The Labute approximate surface area is 170 Å². The number of rotatable bonds is 7. The minimum atomic E-state index is -0.831. The van der Waals surface area contributed by atoms with Gasteiger partial charge in [0.05, 0.1) is 11.9 Å². The van der Waals surface area contributed by atoms with Crippen LogP contribution < -0.4 is 10.1 Å². The van der Waals surface area contributed by atoms with Crippen LogP contribution in [0, 0.1) is 5.92 Å². The maximum Gasteiger partial charge on any atom is 0.228 e. The van der Waals surface area contributed by atoms with Gasteiger partial charge in [0, 0.05) is 18.2 Å². The van der Waals surface area contributed by atoms with Crippen molar-refractivity contribution in [1.29, 1.82) is 0 Å². The molecule has 0 unspecified atom stereocenters. The molecule has 29 heavy (non-hydrogen) atoms. The van der Waals surface area contributed by atoms with Crippen molar-refractivity contribution in [2.24, 2.45) is 5.92 Å². The van der Waals surface area contributed by atoms with Crippen LogP contribution in [0.2, 0.25) is 0 Å². The Hall–Kier alpha value is -2.67. The molecule has 0 bridgehead atoms. The summed E-state index contributed by atoms with van der Waals surface area (Å²) in [7, 11) is 0. The van der Waals surface area contributed by atoms with Crippen molar-refractivity contribution < 1.29 is 9.13 Å². The van der Waals surface area contributed by atoms with E-state index in [4.69, 9.17) is 9.84 Å². The molecule has 3 aromatic rings. The Morgan fingerprint density at radius 1 is 1.14 bits per heavy atom. The SMILES string of the molecule is CC(C)N1CCC(CNc2ccc3ncc(-c4ccc(OCF)cc4)n3n2)CC1. The quantitative estimate of drug-likeness (QED) is 0.646. The van der Waals surface area contributed by atoms with Crippen LogP contribution in [0.4, 0.5) is 10.2 Å². The Balaban J connectivity index is 1.44. The normalized spacial score (nSPS) is 15.9. The number of fused-ring (bicyclic) bond motifs is 1. The number of nitrogens with one attached hydrogen (secondary N) is 1. The zero-order valence-corrected chi connectivity index (χ0v) is 17.0. The zero-order valence-electron chi connectivity index (χ0n) is 17.0. The number of nitrogens with zero attached hydrogens (tertiary/aromatic N) is 4. The third-order valence-corrected chi connectivity index (χ3v) is 5.68. The summed E-state index contributed by atoms with van der Waals surface area (Å²) < 4.78 is 19.0. The topological polar surface area (TPSA) is 54.7 Å². The van der Waals surface area contributed by atoms with Crippen LogP contribution in [0.3, 0.4) is 0 Å². The smallest absolute Gasteiger partial charge is 0.228 e. The number of likely N-dealkylation sites (tertiary alicyclic amines) is 1. The van der Waals surface area contributed by atoms with Gasteiger partial charge in [-0.2, -0.15) is 0 Å². The summed E-state index contributed by atoms with van der Waals surface area (Å²) in [4.78, 5) is 6.99. The van der Waals surface area contributed by atoms with E-state index in [0.717, 1.165) is 29.3 Å². The predicted molar refractivity (Wildman–Crippen MR) is 113 cm³/mol. The molecule has 2 aromatic heterocycles. The van der Waals surface area contributed by atoms with Gasteiger partial charge in [-0.15, -0.1) is 5.10 Å². The molecule has 0 spiro atoms. The zero-order chi connectivity index (χ0) is 20.2. The summed E-state index contributed by atoms with van der Waals surface area (Å²) >= 11 is 0. The summed E-state index contributed by atoms with van der Waals surface area (Å²) in [5.74, 6) is 2.03. The van der Waals surface area contributed by atoms with Gasteiger partial charge in [0.2, 0.25) is 6.86 Å². The lowest BCUT2D eigenvalue weighted by Crippen LogP contribution is -2.39. The van der Waals surface area contributed by atoms with E-state index in [1.54, 1.807) is 18.3 Å². The number of hydrogen-bond acceptors (Lipinski definition) is 5. The Kier molecular flexibility index (Phi) is 5.94. The predicted octanol–water partition coefficient (Wildman–Crippen LogP) is 4.23. The summed E-state index contributed by atoms with van der Waals surface area (Å²) in [6.45, 7) is 6.98. The summed E-state index contributed by atoms with van der Waals surface area (Å²) in [6.07, 6.45) is 4.24. The molecule has 154 valence electrons. The second kappa shape index (κ2) is 8.78. The summed E-state index contributed by atoms with van der Waals surface area (Å²) in [6, 6.07) is 11.9. The van der Waals surface area contributed by atoms with Crippen LogP contribution in [0.5, 0.6) is 5.75 Å². The highest BCUT2D eigenvalue weighted by atomic mass is 19.1. The lowest BCUT2D eigenvalue weighted by Gasteiger charge is -2.34. The van der Waals surface area contributed by atoms with Crippen molar-refractivity contribution in [1.82, 2.24) is 19.5 Å². The maximum absolute atomic E-state index is 12.3. The van der Waals surface area contributed by atoms with Crippen molar-refractivity contribution in [2.45, 2.75) is 32.7 Å². The fourth-order valence-corrected chi connectivity index (χ4v) is 3.87. The number of anilines is 1. The Morgan fingerprint density at radius 2 is 1.90 bits per heavy atom. The fraction of sp³-hybridized carbons (Fsp3) is 0.455. The van der Waals surface area contributed by atoms with Gasteiger partial charge in [-0.05, 0) is 82.1 Å². The van der Waals surface area contributed by atoms with Gasteiger partial charge in [-0.1, -0.05) is 0 Å². The summed E-state index contributed by atoms with van der Waals surface area (Å²) in [5, 5.41) is 8.24. The van der Waals surface area contributed by atoms with Crippen molar-refractivity contribution in [3.8, 4) is 17.0 Å². The van der Waals surface area contributed by atoms with E-state index >= 15 is 0 Å². The third kappa shape index (κ3) is 4.50. The number of alkyl halides is 1. The highest BCUT2D eigenvalue weighted by Gasteiger charge is 2.20. The molecule has 0 saturated carbocycles. The monoisotopic (exact) mass is 397 g/mol. The number of halogens is 1. The van der Waals surface area contributed by atoms with Gasteiger partial charge < -0.3 is 15.0 Å². The molecule has 1 fully saturated rings. The van der Waals surface area contributed by atoms with Crippen LogP contribution >= 0.6 is 0 Å². The van der Waals surface area contributed by atoms with Gasteiger partial charge in [0.15, 0.2) is 5.65 Å². The molecule has 3 heterocycles. The van der Waals surface area contributed by atoms with Gasteiger partial charge in [0.1, 0.15) is 11.6 Å². The molecule has 7 heteroatoms. The molecule has 0 amide bonds. The van der Waals surface area contributed by atoms with Gasteiger partial charge in [0.25, 0.3) is 0 Å². The Bertz CT molecular complexity index is 932. The highest BCUT2D eigenvalue weighted by Crippen LogP contribution is 2.24. The molecule has 0 radical (unpaired) electrons.